The Morgan fingerprint density at radius 3 is 2.60 bits per heavy atom. The van der Waals surface area contributed by atoms with Gasteiger partial charge in [-0.3, -0.25) is 9.20 Å². The Morgan fingerprint density at radius 2 is 1.93 bits per heavy atom. The van der Waals surface area contributed by atoms with Gasteiger partial charge in [-0.15, -0.1) is 11.3 Å². The van der Waals surface area contributed by atoms with Crippen LogP contribution >= 0.6 is 11.3 Å². The van der Waals surface area contributed by atoms with Crippen molar-refractivity contribution in [3.8, 4) is 5.75 Å². The number of hydrogen-bond donors (Lipinski definition) is 0. The number of imidazole rings is 1. The number of aryl methyl sites for hydroxylation is 1. The molecule has 0 amide bonds. The van der Waals surface area contributed by atoms with Gasteiger partial charge in [-0.25, -0.2) is 4.98 Å². The number of benzene rings is 1. The van der Waals surface area contributed by atoms with Gasteiger partial charge in [0.1, 0.15) is 18.0 Å². The summed E-state index contributed by atoms with van der Waals surface area (Å²) in [7, 11) is 3.77. The van der Waals surface area contributed by atoms with E-state index in [4.69, 9.17) is 4.74 Å². The number of carbonyl (C=O) groups is 1. The molecule has 10 heteroatoms. The van der Waals surface area contributed by atoms with Crippen molar-refractivity contribution < 1.29 is 22.7 Å². The summed E-state index contributed by atoms with van der Waals surface area (Å²) in [6.07, 6.45) is 5.80. The molecule has 0 N–H and O–H groups in total. The van der Waals surface area contributed by atoms with Gasteiger partial charge in [0, 0.05) is 35.1 Å². The van der Waals surface area contributed by atoms with Crippen molar-refractivity contribution in [2.75, 3.05) is 33.8 Å². The van der Waals surface area contributed by atoms with Crippen molar-refractivity contribution in [2.45, 2.75) is 65.1 Å². The molecule has 3 aromatic heterocycles. The highest BCUT2D eigenvalue weighted by Crippen LogP contribution is 2.39. The van der Waals surface area contributed by atoms with E-state index < -0.39 is 11.7 Å². The molecule has 45 heavy (non-hydrogen) atoms. The highest BCUT2D eigenvalue weighted by atomic mass is 32.1. The van der Waals surface area contributed by atoms with Gasteiger partial charge in [-0.05, 0) is 100 Å². The summed E-state index contributed by atoms with van der Waals surface area (Å²) in [5.41, 5.74) is 7.32. The summed E-state index contributed by atoms with van der Waals surface area (Å²) in [5.74, 6) is 0.482. The van der Waals surface area contributed by atoms with Crippen LogP contribution in [0.1, 0.15) is 77.2 Å². The number of ketones is 1. The van der Waals surface area contributed by atoms with E-state index >= 15 is 0 Å². The fourth-order valence-electron chi connectivity index (χ4n) is 5.77. The van der Waals surface area contributed by atoms with E-state index in [-0.39, 0.29) is 5.78 Å². The Bertz CT molecular complexity index is 1660. The highest BCUT2D eigenvalue weighted by molar-refractivity contribution is 7.10. The number of hydrogen-bond acceptors (Lipinski definition) is 6. The molecular formula is C35H41F3N4O2S. The molecule has 1 fully saturated rings. The van der Waals surface area contributed by atoms with Crippen molar-refractivity contribution >= 4 is 28.5 Å². The highest BCUT2D eigenvalue weighted by Gasteiger charge is 2.31. The largest absolute Gasteiger partial charge is 0.492 e. The maximum Gasteiger partial charge on any atom is 0.416 e. The van der Waals surface area contributed by atoms with Crippen LogP contribution in [-0.2, 0) is 25.6 Å². The number of Topliss-reactive ketones (excluding diaryl/α,β-unsaturated/α-hetero) is 1. The average molecular weight is 639 g/mol. The molecule has 0 spiro atoms. The standard InChI is InChI=1S/C21H21N3OS.C14H20F3NO/c1-14(25)17-13-26-19-12-23(10-8-16(17)19)21(15-5-4-6-15)18-11-22-20-7-2-3-9-24(18)20;1-4-5-11-8-12(14(15,16)17)10-13(9-11)19-7-6-18(2)3/h2-3,7,9,11,13H,4-6,8,10,12H2,1H3;8-10H,4-7H2,1-3H3. The van der Waals surface area contributed by atoms with Crippen LogP contribution in [0.15, 0.2) is 59.7 Å². The second-order valence-corrected chi connectivity index (χ2v) is 12.9. The molecule has 1 saturated carbocycles. The molecule has 240 valence electrons. The van der Waals surface area contributed by atoms with Gasteiger partial charge in [-0.2, -0.15) is 13.2 Å². The van der Waals surface area contributed by atoms with Crippen LogP contribution in [0.5, 0.6) is 5.75 Å². The Labute approximate surface area is 267 Å². The van der Waals surface area contributed by atoms with Crippen LogP contribution in [0.2, 0.25) is 0 Å². The number of thiophene rings is 1. The molecule has 0 radical (unpaired) electrons. The number of nitrogens with zero attached hydrogens (tertiary/aromatic N) is 4. The normalized spacial score (nSPS) is 14.6. The lowest BCUT2D eigenvalue weighted by Gasteiger charge is -2.35. The number of aromatic nitrogens is 2. The first-order valence-corrected chi connectivity index (χ1v) is 16.4. The summed E-state index contributed by atoms with van der Waals surface area (Å²) in [6, 6.07) is 10.1. The van der Waals surface area contributed by atoms with Crippen molar-refractivity contribution in [3.63, 3.8) is 0 Å². The van der Waals surface area contributed by atoms with E-state index in [9.17, 15) is 18.0 Å². The van der Waals surface area contributed by atoms with Gasteiger partial charge in [0.05, 0.1) is 29.7 Å². The zero-order chi connectivity index (χ0) is 32.1. The number of carbonyl (C=O) groups excluding carboxylic acids is 1. The van der Waals surface area contributed by atoms with E-state index in [1.807, 2.05) is 43.6 Å². The van der Waals surface area contributed by atoms with Gasteiger partial charge in [0.2, 0.25) is 0 Å². The van der Waals surface area contributed by atoms with E-state index in [1.165, 1.54) is 47.2 Å². The first kappa shape index (κ1) is 32.8. The lowest BCUT2D eigenvalue weighted by Crippen LogP contribution is -2.31. The molecule has 6 rings (SSSR count). The van der Waals surface area contributed by atoms with Crippen molar-refractivity contribution in [2.24, 2.45) is 0 Å². The maximum atomic E-state index is 12.8. The summed E-state index contributed by atoms with van der Waals surface area (Å²) in [5, 5.41) is 2.04. The van der Waals surface area contributed by atoms with Crippen LogP contribution in [0.3, 0.4) is 0 Å². The fourth-order valence-corrected chi connectivity index (χ4v) is 6.92. The number of rotatable bonds is 9. The van der Waals surface area contributed by atoms with Gasteiger partial charge in [-0.1, -0.05) is 19.4 Å². The molecule has 0 saturated heterocycles. The second-order valence-electron chi connectivity index (χ2n) is 11.9. The molecule has 0 atom stereocenters. The molecule has 4 heterocycles. The second kappa shape index (κ2) is 14.2. The van der Waals surface area contributed by atoms with E-state index in [2.05, 4.69) is 32.6 Å². The third-order valence-corrected chi connectivity index (χ3v) is 9.25. The van der Waals surface area contributed by atoms with E-state index in [0.717, 1.165) is 43.2 Å². The molecule has 1 aliphatic carbocycles. The molecule has 2 aliphatic rings. The number of fused-ring (bicyclic) bond motifs is 2. The third kappa shape index (κ3) is 7.79. The number of pyridine rings is 1. The lowest BCUT2D eigenvalue weighted by molar-refractivity contribution is -0.137. The van der Waals surface area contributed by atoms with E-state index in [1.54, 1.807) is 29.9 Å². The first-order chi connectivity index (χ1) is 21.5. The predicted octanol–water partition coefficient (Wildman–Crippen LogP) is 8.15. The quantitative estimate of drug-likeness (QED) is 0.173. The lowest BCUT2D eigenvalue weighted by atomic mass is 9.88. The summed E-state index contributed by atoms with van der Waals surface area (Å²) < 4.78 is 45.9. The van der Waals surface area contributed by atoms with Crippen LogP contribution in [0, 0.1) is 0 Å². The maximum absolute atomic E-state index is 12.8. The van der Waals surface area contributed by atoms with E-state index in [0.29, 0.717) is 30.9 Å². The minimum atomic E-state index is -4.33. The molecular weight excluding hydrogens is 597 g/mol. The SMILES string of the molecule is CC(=O)c1csc2c1CCN(C(=C1CCC1)c1cnc3ccccn13)C2.CCCc1cc(OCCN(C)C)cc(C(F)(F)F)c1. The van der Waals surface area contributed by atoms with Gasteiger partial charge < -0.3 is 14.5 Å². The minimum absolute atomic E-state index is 0.190. The molecule has 0 unspecified atom stereocenters. The Morgan fingerprint density at radius 1 is 1.13 bits per heavy atom. The zero-order valence-corrected chi connectivity index (χ0v) is 27.2. The summed E-state index contributed by atoms with van der Waals surface area (Å²) in [4.78, 5) is 22.2. The average Bonchev–Trinajstić information content (AvgIpc) is 3.59. The summed E-state index contributed by atoms with van der Waals surface area (Å²) >= 11 is 1.73. The molecule has 1 aliphatic heterocycles. The van der Waals surface area contributed by atoms with Gasteiger partial charge >= 0.3 is 6.18 Å². The number of likely N-dealkylation sites (N-methyl/N-ethyl adjacent to an activating group) is 1. The Kier molecular flexibility index (Phi) is 10.3. The van der Waals surface area contributed by atoms with Crippen molar-refractivity contribution in [1.29, 1.82) is 0 Å². The summed E-state index contributed by atoms with van der Waals surface area (Å²) in [6.45, 7) is 6.51. The predicted molar refractivity (Wildman–Crippen MR) is 174 cm³/mol. The third-order valence-electron chi connectivity index (χ3n) is 8.23. The topological polar surface area (TPSA) is 50.1 Å². The van der Waals surface area contributed by atoms with Crippen LogP contribution < -0.4 is 4.74 Å². The molecule has 6 nitrogen and oxygen atoms in total. The fraction of sp³-hybridized carbons (Fsp3) is 0.429. The monoisotopic (exact) mass is 638 g/mol. The molecule has 4 aromatic rings. The zero-order valence-electron chi connectivity index (χ0n) is 26.4. The smallest absolute Gasteiger partial charge is 0.416 e. The van der Waals surface area contributed by atoms with Crippen LogP contribution in [-0.4, -0.2) is 58.8 Å². The number of ether oxygens (including phenoxy) is 1. The number of alkyl halides is 3. The minimum Gasteiger partial charge on any atom is -0.492 e. The Hall–Kier alpha value is -3.63. The number of halogens is 3. The van der Waals surface area contributed by atoms with Gasteiger partial charge in [0.15, 0.2) is 5.78 Å². The Balaban J connectivity index is 0.000000189. The van der Waals surface area contributed by atoms with Crippen molar-refractivity contribution in [3.05, 3.63) is 92.6 Å². The van der Waals surface area contributed by atoms with Gasteiger partial charge in [0.25, 0.3) is 0 Å². The number of allylic oxidation sites excluding steroid dienone is 1. The first-order valence-electron chi connectivity index (χ1n) is 15.5. The van der Waals surface area contributed by atoms with Crippen LogP contribution in [0.25, 0.3) is 11.3 Å². The molecule has 0 bridgehead atoms. The van der Waals surface area contributed by atoms with Crippen molar-refractivity contribution in [1.82, 2.24) is 19.2 Å². The molecule has 1 aromatic carbocycles. The van der Waals surface area contributed by atoms with Crippen LogP contribution in [0.4, 0.5) is 13.2 Å².